The maximum atomic E-state index is 12.0. The van der Waals surface area contributed by atoms with E-state index in [0.29, 0.717) is 30.9 Å². The predicted molar refractivity (Wildman–Crippen MR) is 100 cm³/mol. The van der Waals surface area contributed by atoms with Crippen LogP contribution in [-0.2, 0) is 4.79 Å². The Bertz CT molecular complexity index is 841. The molecule has 0 bridgehead atoms. The number of methoxy groups -OCH3 is 1. The first-order chi connectivity index (χ1) is 12.2. The monoisotopic (exact) mass is 399 g/mol. The highest BCUT2D eigenvalue weighted by Crippen LogP contribution is 2.50. The molecule has 0 saturated carbocycles. The molecule has 128 valence electrons. The third-order valence-corrected chi connectivity index (χ3v) is 4.87. The number of benzene rings is 2. The van der Waals surface area contributed by atoms with Crippen LogP contribution in [0.2, 0.25) is 0 Å². The molecular formula is C20H18BrNO3. The van der Waals surface area contributed by atoms with Crippen molar-refractivity contribution in [2.24, 2.45) is 0 Å². The SMILES string of the molecule is C#CCCC(=O)NCC1c2ccccc2Oc2c(OC)ccc(Br)c21. The smallest absolute Gasteiger partial charge is 0.220 e. The molecule has 0 fully saturated rings. The summed E-state index contributed by atoms with van der Waals surface area (Å²) in [4.78, 5) is 12.0. The van der Waals surface area contributed by atoms with Gasteiger partial charge in [-0.25, -0.2) is 0 Å². The van der Waals surface area contributed by atoms with Crippen molar-refractivity contribution in [1.82, 2.24) is 5.32 Å². The van der Waals surface area contributed by atoms with Gasteiger partial charge in [-0.2, -0.15) is 0 Å². The molecule has 1 unspecified atom stereocenters. The van der Waals surface area contributed by atoms with Gasteiger partial charge in [0.15, 0.2) is 11.5 Å². The van der Waals surface area contributed by atoms with Crippen LogP contribution >= 0.6 is 15.9 Å². The summed E-state index contributed by atoms with van der Waals surface area (Å²) in [6.07, 6.45) is 5.99. The van der Waals surface area contributed by atoms with E-state index < -0.39 is 0 Å². The number of hydrogen-bond donors (Lipinski definition) is 1. The first-order valence-corrected chi connectivity index (χ1v) is 8.78. The minimum Gasteiger partial charge on any atom is -0.493 e. The minimum atomic E-state index is -0.0532. The molecular weight excluding hydrogens is 382 g/mol. The molecule has 3 rings (SSSR count). The van der Waals surface area contributed by atoms with Crippen LogP contribution in [-0.4, -0.2) is 19.6 Å². The molecule has 1 N–H and O–H groups in total. The lowest BCUT2D eigenvalue weighted by atomic mass is 9.87. The Kier molecular flexibility index (Phi) is 5.30. The van der Waals surface area contributed by atoms with E-state index in [1.165, 1.54) is 0 Å². The molecule has 1 aliphatic heterocycles. The largest absolute Gasteiger partial charge is 0.493 e. The second kappa shape index (κ2) is 7.62. The number of carbonyl (C=O) groups is 1. The molecule has 0 aromatic heterocycles. The zero-order valence-corrected chi connectivity index (χ0v) is 15.4. The summed E-state index contributed by atoms with van der Waals surface area (Å²) in [6, 6.07) is 11.6. The van der Waals surface area contributed by atoms with Crippen LogP contribution in [0.5, 0.6) is 17.2 Å². The number of hydrogen-bond acceptors (Lipinski definition) is 3. The van der Waals surface area contributed by atoms with Crippen LogP contribution in [0.25, 0.3) is 0 Å². The average molecular weight is 400 g/mol. The Morgan fingerprint density at radius 1 is 1.36 bits per heavy atom. The Labute approximate surface area is 155 Å². The topological polar surface area (TPSA) is 47.6 Å². The zero-order valence-electron chi connectivity index (χ0n) is 13.8. The Morgan fingerprint density at radius 2 is 2.16 bits per heavy atom. The van der Waals surface area contributed by atoms with Gasteiger partial charge in [-0.05, 0) is 18.2 Å². The van der Waals surface area contributed by atoms with Crippen LogP contribution in [0.1, 0.15) is 29.9 Å². The van der Waals surface area contributed by atoms with Crippen molar-refractivity contribution in [2.45, 2.75) is 18.8 Å². The molecule has 2 aromatic carbocycles. The first-order valence-electron chi connectivity index (χ1n) is 7.99. The highest BCUT2D eigenvalue weighted by Gasteiger charge is 2.31. The summed E-state index contributed by atoms with van der Waals surface area (Å²) in [5, 5.41) is 2.98. The summed E-state index contributed by atoms with van der Waals surface area (Å²) >= 11 is 3.61. The molecule has 5 heteroatoms. The molecule has 0 spiro atoms. The van der Waals surface area contributed by atoms with Crippen LogP contribution in [0.4, 0.5) is 0 Å². The number of rotatable bonds is 5. The van der Waals surface area contributed by atoms with E-state index in [-0.39, 0.29) is 11.8 Å². The van der Waals surface area contributed by atoms with Crippen molar-refractivity contribution in [3.8, 4) is 29.6 Å². The van der Waals surface area contributed by atoms with Gasteiger partial charge in [-0.15, -0.1) is 12.3 Å². The molecule has 1 atom stereocenters. The molecule has 0 saturated heterocycles. The number of halogens is 1. The summed E-state index contributed by atoms with van der Waals surface area (Å²) < 4.78 is 12.5. The second-order valence-corrected chi connectivity index (χ2v) is 6.55. The molecule has 0 radical (unpaired) electrons. The fraction of sp³-hybridized carbons (Fsp3) is 0.250. The van der Waals surface area contributed by atoms with E-state index in [1.54, 1.807) is 7.11 Å². The summed E-state index contributed by atoms with van der Waals surface area (Å²) in [5.74, 6) is 4.51. The molecule has 1 aliphatic rings. The number of fused-ring (bicyclic) bond motifs is 2. The van der Waals surface area contributed by atoms with E-state index in [1.807, 2.05) is 36.4 Å². The van der Waals surface area contributed by atoms with Crippen LogP contribution in [0.3, 0.4) is 0 Å². The normalized spacial score (nSPS) is 14.5. The van der Waals surface area contributed by atoms with Gasteiger partial charge in [-0.1, -0.05) is 34.1 Å². The van der Waals surface area contributed by atoms with Crippen molar-refractivity contribution >= 4 is 21.8 Å². The van der Waals surface area contributed by atoms with Crippen LogP contribution in [0, 0.1) is 12.3 Å². The third-order valence-electron chi connectivity index (χ3n) is 4.18. The van der Waals surface area contributed by atoms with Gasteiger partial charge in [0.1, 0.15) is 5.75 Å². The number of nitrogens with one attached hydrogen (secondary N) is 1. The quantitative estimate of drug-likeness (QED) is 0.765. The fourth-order valence-electron chi connectivity index (χ4n) is 2.98. The molecule has 4 nitrogen and oxygen atoms in total. The van der Waals surface area contributed by atoms with E-state index in [0.717, 1.165) is 21.3 Å². The molecule has 25 heavy (non-hydrogen) atoms. The highest BCUT2D eigenvalue weighted by molar-refractivity contribution is 9.10. The molecule has 1 amide bonds. The van der Waals surface area contributed by atoms with Crippen molar-refractivity contribution in [1.29, 1.82) is 0 Å². The second-order valence-electron chi connectivity index (χ2n) is 5.69. The van der Waals surface area contributed by atoms with Gasteiger partial charge in [0, 0.05) is 40.9 Å². The zero-order chi connectivity index (χ0) is 17.8. The Hall–Kier alpha value is -2.45. The lowest BCUT2D eigenvalue weighted by Crippen LogP contribution is -2.30. The number of ether oxygens (including phenoxy) is 2. The highest BCUT2D eigenvalue weighted by atomic mass is 79.9. The van der Waals surface area contributed by atoms with E-state index >= 15 is 0 Å². The molecule has 2 aromatic rings. The number of para-hydroxylation sites is 1. The number of carbonyl (C=O) groups excluding carboxylic acids is 1. The van der Waals surface area contributed by atoms with Gasteiger partial charge >= 0.3 is 0 Å². The number of amides is 1. The maximum absolute atomic E-state index is 12.0. The lowest BCUT2D eigenvalue weighted by Gasteiger charge is -2.30. The van der Waals surface area contributed by atoms with Gasteiger partial charge in [-0.3, -0.25) is 4.79 Å². The fourth-order valence-corrected chi connectivity index (χ4v) is 3.56. The van der Waals surface area contributed by atoms with E-state index in [2.05, 4.69) is 27.2 Å². The predicted octanol–water partition coefficient (Wildman–Crippen LogP) is 4.22. The maximum Gasteiger partial charge on any atom is 0.220 e. The van der Waals surface area contributed by atoms with Gasteiger partial charge in [0.2, 0.25) is 5.91 Å². The van der Waals surface area contributed by atoms with Crippen LogP contribution < -0.4 is 14.8 Å². The van der Waals surface area contributed by atoms with Gasteiger partial charge < -0.3 is 14.8 Å². The third kappa shape index (κ3) is 3.49. The average Bonchev–Trinajstić information content (AvgIpc) is 2.64. The van der Waals surface area contributed by atoms with Gasteiger partial charge in [0.25, 0.3) is 0 Å². The number of terminal acetylenes is 1. The van der Waals surface area contributed by atoms with E-state index in [4.69, 9.17) is 15.9 Å². The van der Waals surface area contributed by atoms with Crippen molar-refractivity contribution in [2.75, 3.05) is 13.7 Å². The van der Waals surface area contributed by atoms with Gasteiger partial charge in [0.05, 0.1) is 7.11 Å². The molecule has 0 aliphatic carbocycles. The van der Waals surface area contributed by atoms with Crippen molar-refractivity contribution in [3.63, 3.8) is 0 Å². The van der Waals surface area contributed by atoms with E-state index in [9.17, 15) is 4.79 Å². The van der Waals surface area contributed by atoms with Crippen LogP contribution in [0.15, 0.2) is 40.9 Å². The summed E-state index contributed by atoms with van der Waals surface area (Å²) in [7, 11) is 1.62. The standard InChI is InChI=1S/C20H18BrNO3/c1-3-4-9-18(23)22-12-14-13-7-5-6-8-16(13)25-20-17(24-2)11-10-15(21)19(14)20/h1,5-8,10-11,14H,4,9,12H2,2H3,(H,22,23). The Balaban J connectivity index is 1.97. The summed E-state index contributed by atoms with van der Waals surface area (Å²) in [5.41, 5.74) is 2.00. The molecule has 1 heterocycles. The minimum absolute atomic E-state index is 0.0424. The first kappa shape index (κ1) is 17.4. The summed E-state index contributed by atoms with van der Waals surface area (Å²) in [6.45, 7) is 0.461. The Morgan fingerprint density at radius 3 is 2.92 bits per heavy atom. The lowest BCUT2D eigenvalue weighted by molar-refractivity contribution is -0.121. The van der Waals surface area contributed by atoms with Crippen molar-refractivity contribution in [3.05, 3.63) is 52.0 Å². The van der Waals surface area contributed by atoms with Crippen molar-refractivity contribution < 1.29 is 14.3 Å².